The van der Waals surface area contributed by atoms with Crippen molar-refractivity contribution in [1.29, 1.82) is 0 Å². The van der Waals surface area contributed by atoms with Crippen molar-refractivity contribution >= 4 is 0 Å². The molecule has 1 aliphatic carbocycles. The lowest BCUT2D eigenvalue weighted by Gasteiger charge is -2.43. The molecule has 1 fully saturated rings. The molecule has 0 unspecified atom stereocenters. The molecule has 2 aromatic carbocycles. The molecule has 2 aliphatic rings. The van der Waals surface area contributed by atoms with Gasteiger partial charge in [0.15, 0.2) is 29.3 Å². The average molecular weight is 553 g/mol. The number of ether oxygens (including phenoxy) is 5. The summed E-state index contributed by atoms with van der Waals surface area (Å²) in [5, 5.41) is 71.8. The zero-order valence-electron chi connectivity index (χ0n) is 21.9. The maximum Gasteiger partial charge on any atom is 0.200 e. The van der Waals surface area contributed by atoms with Crippen molar-refractivity contribution < 1.29 is 59.4 Å². The molecule has 12 nitrogen and oxygen atoms in total. The van der Waals surface area contributed by atoms with Gasteiger partial charge in [0.2, 0.25) is 5.75 Å². The summed E-state index contributed by atoms with van der Waals surface area (Å²) >= 11 is 0. The van der Waals surface area contributed by atoms with Crippen LogP contribution in [-0.2, 0) is 15.9 Å². The third-order valence-electron chi connectivity index (χ3n) is 7.69. The summed E-state index contributed by atoms with van der Waals surface area (Å²) in [6, 6.07) is 6.56. The number of methoxy groups -OCH3 is 3. The van der Waals surface area contributed by atoms with Crippen molar-refractivity contribution in [2.45, 2.75) is 43.0 Å². The number of phenols is 2. The van der Waals surface area contributed by atoms with Gasteiger partial charge >= 0.3 is 0 Å². The van der Waals surface area contributed by atoms with Gasteiger partial charge in [-0.3, -0.25) is 0 Å². The molecule has 39 heavy (non-hydrogen) atoms. The summed E-state index contributed by atoms with van der Waals surface area (Å²) < 4.78 is 27.5. The second-order valence-corrected chi connectivity index (χ2v) is 9.82. The fourth-order valence-corrected chi connectivity index (χ4v) is 5.56. The number of hydrogen-bond donors (Lipinski definition) is 7. The van der Waals surface area contributed by atoms with E-state index in [2.05, 4.69) is 0 Å². The van der Waals surface area contributed by atoms with Gasteiger partial charge in [-0.05, 0) is 59.2 Å². The van der Waals surface area contributed by atoms with E-state index in [1.165, 1.54) is 21.3 Å². The first-order valence-corrected chi connectivity index (χ1v) is 12.6. The third-order valence-corrected chi connectivity index (χ3v) is 7.69. The fraction of sp³-hybridized carbons (Fsp3) is 0.556. The standard InChI is InChI=1S/C27H36O12/c1-35-18-5-12-4-14(9-28)16(11-38-27-26(34)25(33)24(32)21(10-29)39-27)22(15(12)8-17(18)30)13-6-19(36-2)23(31)20(7-13)37-3/h5-8,14,16,21-22,24-34H,4,9-11H2,1-3H3/t14-,16+,21-,22+,24-,25+,26-,27-/m1/s1. The summed E-state index contributed by atoms with van der Waals surface area (Å²) in [6.45, 7) is -0.914. The number of aromatic hydroxyl groups is 2. The summed E-state index contributed by atoms with van der Waals surface area (Å²) in [5.41, 5.74) is 2.17. The predicted molar refractivity (Wildman–Crippen MR) is 135 cm³/mol. The van der Waals surface area contributed by atoms with Gasteiger partial charge < -0.3 is 59.4 Å². The number of fused-ring (bicyclic) bond motifs is 1. The van der Waals surface area contributed by atoms with Gasteiger partial charge in [0, 0.05) is 12.5 Å². The van der Waals surface area contributed by atoms with Gasteiger partial charge in [-0.1, -0.05) is 0 Å². The van der Waals surface area contributed by atoms with Crippen LogP contribution < -0.4 is 14.2 Å². The van der Waals surface area contributed by atoms with Crippen LogP contribution in [0.2, 0.25) is 0 Å². The summed E-state index contributed by atoms with van der Waals surface area (Å²) in [5.74, 6) is -1.06. The molecular weight excluding hydrogens is 516 g/mol. The van der Waals surface area contributed by atoms with E-state index in [4.69, 9.17) is 23.7 Å². The van der Waals surface area contributed by atoms with Crippen molar-refractivity contribution in [2.24, 2.45) is 11.8 Å². The maximum atomic E-state index is 10.6. The Morgan fingerprint density at radius 3 is 2.03 bits per heavy atom. The maximum absolute atomic E-state index is 10.6. The summed E-state index contributed by atoms with van der Waals surface area (Å²) in [4.78, 5) is 0. The van der Waals surface area contributed by atoms with E-state index in [1.54, 1.807) is 24.3 Å². The van der Waals surface area contributed by atoms with Crippen LogP contribution in [0.25, 0.3) is 0 Å². The van der Waals surface area contributed by atoms with E-state index in [0.29, 0.717) is 12.0 Å². The number of rotatable bonds is 9. The molecule has 2 aromatic rings. The van der Waals surface area contributed by atoms with Crippen molar-refractivity contribution in [1.82, 2.24) is 0 Å². The second kappa shape index (κ2) is 12.1. The van der Waals surface area contributed by atoms with Crippen molar-refractivity contribution in [2.75, 3.05) is 41.2 Å². The van der Waals surface area contributed by atoms with Gasteiger partial charge in [0.25, 0.3) is 0 Å². The van der Waals surface area contributed by atoms with E-state index in [-0.39, 0.29) is 47.9 Å². The average Bonchev–Trinajstić information content (AvgIpc) is 2.94. The molecule has 1 heterocycles. The van der Waals surface area contributed by atoms with E-state index < -0.39 is 49.1 Å². The van der Waals surface area contributed by atoms with Crippen LogP contribution in [0, 0.1) is 11.8 Å². The van der Waals surface area contributed by atoms with Gasteiger partial charge in [0.05, 0.1) is 34.5 Å². The molecule has 8 atom stereocenters. The fourth-order valence-electron chi connectivity index (χ4n) is 5.56. The van der Waals surface area contributed by atoms with Crippen LogP contribution in [-0.4, -0.2) is 108 Å². The van der Waals surface area contributed by atoms with Gasteiger partial charge in [-0.15, -0.1) is 0 Å². The minimum atomic E-state index is -1.60. The summed E-state index contributed by atoms with van der Waals surface area (Å²) in [6.07, 6.45) is -6.82. The first-order chi connectivity index (χ1) is 18.7. The molecule has 1 aliphatic heterocycles. The van der Waals surface area contributed by atoms with E-state index in [1.807, 2.05) is 0 Å². The molecule has 0 amide bonds. The van der Waals surface area contributed by atoms with Gasteiger partial charge in [-0.25, -0.2) is 0 Å². The van der Waals surface area contributed by atoms with Crippen LogP contribution in [0.4, 0.5) is 0 Å². The largest absolute Gasteiger partial charge is 0.504 e. The molecule has 0 radical (unpaired) electrons. The molecule has 0 saturated carbocycles. The predicted octanol–water partition coefficient (Wildman–Crippen LogP) is -0.147. The highest BCUT2D eigenvalue weighted by atomic mass is 16.7. The van der Waals surface area contributed by atoms with Gasteiger partial charge in [0.1, 0.15) is 24.4 Å². The van der Waals surface area contributed by atoms with Crippen LogP contribution in [0.15, 0.2) is 24.3 Å². The smallest absolute Gasteiger partial charge is 0.200 e. The molecule has 1 saturated heterocycles. The van der Waals surface area contributed by atoms with E-state index in [0.717, 1.165) is 11.1 Å². The van der Waals surface area contributed by atoms with Crippen LogP contribution >= 0.6 is 0 Å². The quantitative estimate of drug-likeness (QED) is 0.218. The normalized spacial score (nSPS) is 30.5. The van der Waals surface area contributed by atoms with Gasteiger partial charge in [-0.2, -0.15) is 0 Å². The molecule has 0 spiro atoms. The van der Waals surface area contributed by atoms with E-state index >= 15 is 0 Å². The lowest BCUT2D eigenvalue weighted by atomic mass is 9.66. The molecule has 0 aromatic heterocycles. The number of phenolic OH excluding ortho intramolecular Hbond substituents is 2. The number of benzene rings is 2. The second-order valence-electron chi connectivity index (χ2n) is 9.82. The molecule has 7 N–H and O–H groups in total. The third kappa shape index (κ3) is 5.46. The van der Waals surface area contributed by atoms with E-state index in [9.17, 15) is 35.7 Å². The summed E-state index contributed by atoms with van der Waals surface area (Å²) in [7, 11) is 4.25. The molecule has 4 rings (SSSR count). The zero-order valence-corrected chi connectivity index (χ0v) is 21.9. The Bertz CT molecular complexity index is 1110. The highest BCUT2D eigenvalue weighted by molar-refractivity contribution is 5.57. The molecule has 12 heteroatoms. The molecular formula is C27H36O12. The monoisotopic (exact) mass is 552 g/mol. The highest BCUT2D eigenvalue weighted by Gasteiger charge is 2.45. The topological polar surface area (TPSA) is 188 Å². The lowest BCUT2D eigenvalue weighted by molar-refractivity contribution is -0.304. The van der Waals surface area contributed by atoms with Crippen LogP contribution in [0.5, 0.6) is 28.7 Å². The number of aliphatic hydroxyl groups is 5. The SMILES string of the molecule is COc1cc2c(cc1O)[C@H](c1cc(OC)c(O)c(OC)c1)[C@@H](CO[C@@H]1O[C@H](CO)[C@@H](O)[C@H](O)[C@H]1O)[C@@H](CO)C2. The van der Waals surface area contributed by atoms with Crippen molar-refractivity contribution in [3.8, 4) is 28.7 Å². The Hall–Kier alpha value is -2.84. The Balaban J connectivity index is 1.78. The highest BCUT2D eigenvalue weighted by Crippen LogP contribution is 2.50. The Morgan fingerprint density at radius 2 is 1.46 bits per heavy atom. The zero-order chi connectivity index (χ0) is 28.4. The first-order valence-electron chi connectivity index (χ1n) is 12.6. The lowest BCUT2D eigenvalue weighted by Crippen LogP contribution is -2.59. The van der Waals surface area contributed by atoms with Crippen LogP contribution in [0.1, 0.15) is 22.6 Å². The number of hydrogen-bond acceptors (Lipinski definition) is 12. The minimum Gasteiger partial charge on any atom is -0.504 e. The minimum absolute atomic E-state index is 0.0870. The molecule has 0 bridgehead atoms. The van der Waals surface area contributed by atoms with Crippen LogP contribution in [0.3, 0.4) is 0 Å². The molecule has 216 valence electrons. The number of aliphatic hydroxyl groups excluding tert-OH is 5. The first kappa shape index (κ1) is 29.2. The Kier molecular flexibility index (Phi) is 9.07. The van der Waals surface area contributed by atoms with Crippen molar-refractivity contribution in [3.05, 3.63) is 41.0 Å². The van der Waals surface area contributed by atoms with Crippen molar-refractivity contribution in [3.63, 3.8) is 0 Å². The Labute approximate surface area is 225 Å². The Morgan fingerprint density at radius 1 is 0.821 bits per heavy atom.